The topological polar surface area (TPSA) is 24.5 Å². The summed E-state index contributed by atoms with van der Waals surface area (Å²) in [6.07, 6.45) is 5.18. The summed E-state index contributed by atoms with van der Waals surface area (Å²) in [7, 11) is 1.73. The number of benzene rings is 2. The van der Waals surface area contributed by atoms with Crippen molar-refractivity contribution < 1.29 is 4.74 Å². The first kappa shape index (κ1) is 23.0. The van der Waals surface area contributed by atoms with Crippen LogP contribution in [0.5, 0.6) is 5.75 Å². The first-order chi connectivity index (χ1) is 11.8. The molecule has 0 aliphatic carbocycles. The Kier molecular flexibility index (Phi) is 10.3. The van der Waals surface area contributed by atoms with Crippen molar-refractivity contribution in [3.05, 3.63) is 42.0 Å². The van der Waals surface area contributed by atoms with Gasteiger partial charge in [0.2, 0.25) is 0 Å². The number of hydrogen-bond donors (Lipinski definition) is 1. The average molecular weight is 399 g/mol. The van der Waals surface area contributed by atoms with Gasteiger partial charge in [0.05, 0.1) is 7.11 Å². The first-order valence-corrected chi connectivity index (χ1v) is 9.34. The Bertz CT molecular complexity index is 660. The van der Waals surface area contributed by atoms with E-state index in [4.69, 9.17) is 4.74 Å². The van der Waals surface area contributed by atoms with Gasteiger partial charge >= 0.3 is 0 Å². The van der Waals surface area contributed by atoms with Crippen molar-refractivity contribution in [3.63, 3.8) is 0 Å². The van der Waals surface area contributed by atoms with Crippen molar-refractivity contribution in [2.24, 2.45) is 0 Å². The van der Waals surface area contributed by atoms with Gasteiger partial charge in [0.1, 0.15) is 5.75 Å². The molecular weight excluding hydrogens is 367 g/mol. The van der Waals surface area contributed by atoms with Crippen molar-refractivity contribution in [1.82, 2.24) is 10.2 Å². The smallest absolute Gasteiger partial charge is 0.119 e. The van der Waals surface area contributed by atoms with Crippen LogP contribution in [0.15, 0.2) is 36.4 Å². The minimum absolute atomic E-state index is 0. The summed E-state index contributed by atoms with van der Waals surface area (Å²) < 4.78 is 5.35. The second-order valence-corrected chi connectivity index (χ2v) is 6.77. The standard InChI is InChI=1S/C21H30N2O.2ClH/c1-3-4-5-6-21(23-13-11-22-12-14-23)19-8-7-18-16-20(24-2)10-9-17(18)15-19;;/h7-10,15-16,21-22H,3-6,11-14H2,1-2H3;2*1H/t21-;;/m0../s1. The van der Waals surface area contributed by atoms with E-state index in [0.29, 0.717) is 6.04 Å². The Labute approximate surface area is 170 Å². The molecule has 0 radical (unpaired) electrons. The van der Waals surface area contributed by atoms with Crippen LogP contribution in [0.25, 0.3) is 10.8 Å². The molecule has 1 heterocycles. The monoisotopic (exact) mass is 398 g/mol. The van der Waals surface area contributed by atoms with Gasteiger partial charge in [0.25, 0.3) is 0 Å². The zero-order chi connectivity index (χ0) is 16.8. The first-order valence-electron chi connectivity index (χ1n) is 9.34. The number of halogens is 2. The van der Waals surface area contributed by atoms with E-state index in [9.17, 15) is 0 Å². The molecule has 3 rings (SSSR count). The lowest BCUT2D eigenvalue weighted by atomic mass is 9.95. The summed E-state index contributed by atoms with van der Waals surface area (Å²) >= 11 is 0. The number of unbranched alkanes of at least 4 members (excludes halogenated alkanes) is 2. The number of fused-ring (bicyclic) bond motifs is 1. The summed E-state index contributed by atoms with van der Waals surface area (Å²) in [5, 5.41) is 6.04. The van der Waals surface area contributed by atoms with Gasteiger partial charge < -0.3 is 10.1 Å². The van der Waals surface area contributed by atoms with Crippen LogP contribution in [0, 0.1) is 0 Å². The van der Waals surface area contributed by atoms with Crippen LogP contribution >= 0.6 is 24.8 Å². The molecule has 3 nitrogen and oxygen atoms in total. The van der Waals surface area contributed by atoms with E-state index in [1.54, 1.807) is 7.11 Å². The molecule has 1 fully saturated rings. The third kappa shape index (κ3) is 5.75. The second kappa shape index (κ2) is 11.7. The normalized spacial score (nSPS) is 15.8. The summed E-state index contributed by atoms with van der Waals surface area (Å²) in [5.41, 5.74) is 1.46. The highest BCUT2D eigenvalue weighted by atomic mass is 35.5. The van der Waals surface area contributed by atoms with Crippen molar-refractivity contribution in [3.8, 4) is 5.75 Å². The number of nitrogens with one attached hydrogen (secondary N) is 1. The average Bonchev–Trinajstić information content (AvgIpc) is 2.65. The van der Waals surface area contributed by atoms with E-state index >= 15 is 0 Å². The maximum Gasteiger partial charge on any atom is 0.119 e. The molecule has 0 unspecified atom stereocenters. The van der Waals surface area contributed by atoms with Gasteiger partial charge in [-0.2, -0.15) is 0 Å². The van der Waals surface area contributed by atoms with Crippen LogP contribution in [-0.4, -0.2) is 38.2 Å². The summed E-state index contributed by atoms with van der Waals surface area (Å²) in [6, 6.07) is 13.9. The van der Waals surface area contributed by atoms with Gasteiger partial charge in [-0.25, -0.2) is 0 Å². The quantitative estimate of drug-likeness (QED) is 0.646. The van der Waals surface area contributed by atoms with E-state index in [1.807, 2.05) is 0 Å². The van der Waals surface area contributed by atoms with Gasteiger partial charge in [0.15, 0.2) is 0 Å². The molecule has 0 spiro atoms. The summed E-state index contributed by atoms with van der Waals surface area (Å²) in [4.78, 5) is 2.66. The molecule has 1 aliphatic heterocycles. The minimum Gasteiger partial charge on any atom is -0.497 e. The van der Waals surface area contributed by atoms with Gasteiger partial charge in [-0.15, -0.1) is 24.8 Å². The molecule has 0 bridgehead atoms. The van der Waals surface area contributed by atoms with Crippen LogP contribution < -0.4 is 10.1 Å². The summed E-state index contributed by atoms with van der Waals surface area (Å²) in [6.45, 7) is 6.79. The lowest BCUT2D eigenvalue weighted by molar-refractivity contribution is 0.163. The highest BCUT2D eigenvalue weighted by molar-refractivity contribution is 5.86. The molecule has 1 aliphatic rings. The Hall–Kier alpha value is -1.000. The van der Waals surface area contributed by atoms with Crippen LogP contribution in [-0.2, 0) is 0 Å². The molecule has 5 heteroatoms. The fourth-order valence-electron chi connectivity index (χ4n) is 3.72. The zero-order valence-corrected chi connectivity index (χ0v) is 17.5. The fraction of sp³-hybridized carbons (Fsp3) is 0.524. The van der Waals surface area contributed by atoms with Crippen LogP contribution in [0.2, 0.25) is 0 Å². The van der Waals surface area contributed by atoms with Gasteiger partial charge in [-0.3, -0.25) is 4.90 Å². The van der Waals surface area contributed by atoms with Gasteiger partial charge in [-0.05, 0) is 41.0 Å². The molecule has 0 amide bonds. The van der Waals surface area contributed by atoms with Gasteiger partial charge in [0, 0.05) is 32.2 Å². The third-order valence-corrected chi connectivity index (χ3v) is 5.13. The Morgan fingerprint density at radius 2 is 1.69 bits per heavy atom. The highest BCUT2D eigenvalue weighted by Gasteiger charge is 2.21. The number of methoxy groups -OCH3 is 1. The predicted octanol–water partition coefficient (Wildman–Crippen LogP) is 5.22. The Balaban J connectivity index is 0.00000169. The molecule has 26 heavy (non-hydrogen) atoms. The van der Waals surface area contributed by atoms with Crippen molar-refractivity contribution in [2.45, 2.75) is 38.6 Å². The number of ether oxygens (including phenoxy) is 1. The predicted molar refractivity (Wildman–Crippen MR) is 116 cm³/mol. The Morgan fingerprint density at radius 3 is 2.38 bits per heavy atom. The van der Waals surface area contributed by atoms with E-state index in [0.717, 1.165) is 31.9 Å². The van der Waals surface area contributed by atoms with Crippen LogP contribution in [0.3, 0.4) is 0 Å². The van der Waals surface area contributed by atoms with Crippen LogP contribution in [0.1, 0.15) is 44.2 Å². The number of rotatable bonds is 7. The van der Waals surface area contributed by atoms with Crippen LogP contribution in [0.4, 0.5) is 0 Å². The molecule has 2 aromatic rings. The SMILES string of the molecule is CCCCC[C@@H](c1ccc2cc(OC)ccc2c1)N1CCNCC1.Cl.Cl. The third-order valence-electron chi connectivity index (χ3n) is 5.13. The van der Waals surface area contributed by atoms with Gasteiger partial charge in [-0.1, -0.05) is 44.4 Å². The minimum atomic E-state index is 0. The molecule has 1 atom stereocenters. The van der Waals surface area contributed by atoms with Crippen molar-refractivity contribution in [1.29, 1.82) is 0 Å². The van der Waals surface area contributed by atoms with E-state index in [1.165, 1.54) is 42.0 Å². The zero-order valence-electron chi connectivity index (χ0n) is 15.9. The second-order valence-electron chi connectivity index (χ2n) is 6.77. The highest BCUT2D eigenvalue weighted by Crippen LogP contribution is 2.30. The lowest BCUT2D eigenvalue weighted by Gasteiger charge is -2.35. The molecule has 0 aromatic heterocycles. The maximum atomic E-state index is 5.35. The largest absolute Gasteiger partial charge is 0.497 e. The molecule has 1 N–H and O–H groups in total. The fourth-order valence-corrected chi connectivity index (χ4v) is 3.72. The maximum absolute atomic E-state index is 5.35. The molecule has 146 valence electrons. The van der Waals surface area contributed by atoms with E-state index < -0.39 is 0 Å². The number of piperazine rings is 1. The number of nitrogens with zero attached hydrogens (tertiary/aromatic N) is 1. The summed E-state index contributed by atoms with van der Waals surface area (Å²) in [5.74, 6) is 0.928. The van der Waals surface area contributed by atoms with E-state index in [-0.39, 0.29) is 24.8 Å². The molecule has 1 saturated heterocycles. The van der Waals surface area contributed by atoms with Crippen molar-refractivity contribution >= 4 is 35.6 Å². The number of hydrogen-bond acceptors (Lipinski definition) is 3. The molecule has 0 saturated carbocycles. The molecule has 2 aromatic carbocycles. The lowest BCUT2D eigenvalue weighted by Crippen LogP contribution is -2.45. The van der Waals surface area contributed by atoms with Crippen molar-refractivity contribution in [2.75, 3.05) is 33.3 Å². The Morgan fingerprint density at radius 1 is 1.00 bits per heavy atom. The van der Waals surface area contributed by atoms with E-state index in [2.05, 4.69) is 53.5 Å². The molecular formula is C21H32Cl2N2O.